The van der Waals surface area contributed by atoms with Gasteiger partial charge in [-0.15, -0.1) is 0 Å². The first-order chi connectivity index (χ1) is 9.79. The van der Waals surface area contributed by atoms with Crippen LogP contribution in [0.4, 0.5) is 4.39 Å². The van der Waals surface area contributed by atoms with Crippen LogP contribution in [-0.4, -0.2) is 5.91 Å². The maximum absolute atomic E-state index is 13.0. The van der Waals surface area contributed by atoms with Crippen molar-refractivity contribution in [3.05, 3.63) is 69.5 Å². The topological polar surface area (TPSA) is 29.1 Å². The molecule has 0 radical (unpaired) electrons. The molecule has 2 aromatic carbocycles. The molecular weight excluding hydrogens is 312 g/mol. The molecule has 0 fully saturated rings. The number of benzene rings is 2. The second-order valence-corrected chi connectivity index (χ2v) is 6.03. The fourth-order valence-electron chi connectivity index (χ4n) is 1.93. The lowest BCUT2D eigenvalue weighted by atomic mass is 9.94. The van der Waals surface area contributed by atoms with E-state index in [-0.39, 0.29) is 11.7 Å². The van der Waals surface area contributed by atoms with E-state index < -0.39 is 5.54 Å². The summed E-state index contributed by atoms with van der Waals surface area (Å²) in [7, 11) is 0. The molecule has 1 amide bonds. The molecule has 0 heterocycles. The molecule has 110 valence electrons. The van der Waals surface area contributed by atoms with Crippen LogP contribution in [0.5, 0.6) is 0 Å². The highest BCUT2D eigenvalue weighted by molar-refractivity contribution is 6.42. The molecule has 1 N–H and O–H groups in total. The molecule has 0 saturated carbocycles. The summed E-state index contributed by atoms with van der Waals surface area (Å²) in [5.74, 6) is -0.590. The third-order valence-electron chi connectivity index (χ3n) is 3.17. The molecule has 0 bridgehead atoms. The van der Waals surface area contributed by atoms with E-state index in [0.29, 0.717) is 15.6 Å². The summed E-state index contributed by atoms with van der Waals surface area (Å²) in [6.07, 6.45) is 0. The number of hydrogen-bond donors (Lipinski definition) is 1. The monoisotopic (exact) mass is 325 g/mol. The van der Waals surface area contributed by atoms with Crippen molar-refractivity contribution in [1.29, 1.82) is 0 Å². The van der Waals surface area contributed by atoms with Gasteiger partial charge in [0.25, 0.3) is 5.91 Å². The van der Waals surface area contributed by atoms with Crippen molar-refractivity contribution in [3.8, 4) is 0 Å². The molecule has 0 aromatic heterocycles. The highest BCUT2D eigenvalue weighted by Gasteiger charge is 2.23. The molecule has 2 aromatic rings. The van der Waals surface area contributed by atoms with Crippen LogP contribution in [0.2, 0.25) is 10.0 Å². The van der Waals surface area contributed by atoms with Crippen LogP contribution in [0.3, 0.4) is 0 Å². The number of nitrogens with one attached hydrogen (secondary N) is 1. The van der Waals surface area contributed by atoms with Crippen LogP contribution in [0.1, 0.15) is 29.8 Å². The van der Waals surface area contributed by atoms with Gasteiger partial charge in [0.2, 0.25) is 0 Å². The lowest BCUT2D eigenvalue weighted by molar-refractivity contribution is 0.0912. The summed E-state index contributed by atoms with van der Waals surface area (Å²) in [6, 6.07) is 10.7. The molecule has 0 atom stereocenters. The van der Waals surface area contributed by atoms with Gasteiger partial charge in [-0.2, -0.15) is 0 Å². The van der Waals surface area contributed by atoms with Crippen molar-refractivity contribution in [3.63, 3.8) is 0 Å². The second-order valence-electron chi connectivity index (χ2n) is 5.21. The molecule has 0 unspecified atom stereocenters. The van der Waals surface area contributed by atoms with Gasteiger partial charge in [0.05, 0.1) is 15.6 Å². The Labute approximate surface area is 132 Å². The van der Waals surface area contributed by atoms with E-state index in [1.165, 1.54) is 18.2 Å². The van der Waals surface area contributed by atoms with Gasteiger partial charge >= 0.3 is 0 Å². The molecule has 5 heteroatoms. The molecule has 2 rings (SSSR count). The summed E-state index contributed by atoms with van der Waals surface area (Å²) in [4.78, 5) is 12.3. The fourth-order valence-corrected chi connectivity index (χ4v) is 2.23. The lowest BCUT2D eigenvalue weighted by Crippen LogP contribution is -2.41. The summed E-state index contributed by atoms with van der Waals surface area (Å²) < 4.78 is 13.0. The van der Waals surface area contributed by atoms with Gasteiger partial charge in [-0.25, -0.2) is 4.39 Å². The van der Waals surface area contributed by atoms with E-state index >= 15 is 0 Å². The molecule has 0 spiro atoms. The quantitative estimate of drug-likeness (QED) is 0.863. The molecular formula is C16H14Cl2FNO. The molecule has 0 saturated heterocycles. The Kier molecular flexibility index (Phi) is 4.55. The van der Waals surface area contributed by atoms with Gasteiger partial charge in [-0.05, 0) is 49.7 Å². The summed E-state index contributed by atoms with van der Waals surface area (Å²) in [5.41, 5.74) is 0.577. The minimum Gasteiger partial charge on any atom is -0.343 e. The SMILES string of the molecule is CC(C)(NC(=O)c1ccc(Cl)c(Cl)c1)c1ccc(F)cc1. The first-order valence-electron chi connectivity index (χ1n) is 6.33. The first kappa shape index (κ1) is 15.8. The normalized spacial score (nSPS) is 11.3. The number of halogens is 3. The Morgan fingerprint density at radius 3 is 2.24 bits per heavy atom. The minimum atomic E-state index is -0.642. The predicted octanol–water partition coefficient (Wildman–Crippen LogP) is 4.80. The van der Waals surface area contributed by atoms with Crippen molar-refractivity contribution in [2.24, 2.45) is 0 Å². The van der Waals surface area contributed by atoms with E-state index in [0.717, 1.165) is 5.56 Å². The molecule has 0 aliphatic heterocycles. The number of rotatable bonds is 3. The fraction of sp³-hybridized carbons (Fsp3) is 0.188. The third kappa shape index (κ3) is 3.74. The zero-order chi connectivity index (χ0) is 15.6. The zero-order valence-corrected chi connectivity index (χ0v) is 13.1. The van der Waals surface area contributed by atoms with Crippen LogP contribution >= 0.6 is 23.2 Å². The van der Waals surface area contributed by atoms with E-state index in [1.54, 1.807) is 24.3 Å². The number of carbonyl (C=O) groups is 1. The van der Waals surface area contributed by atoms with Crippen LogP contribution in [0.15, 0.2) is 42.5 Å². The van der Waals surface area contributed by atoms with Crippen LogP contribution in [0.25, 0.3) is 0 Å². The maximum atomic E-state index is 13.0. The highest BCUT2D eigenvalue weighted by atomic mass is 35.5. The van der Waals surface area contributed by atoms with Gasteiger partial charge in [0, 0.05) is 5.56 Å². The summed E-state index contributed by atoms with van der Waals surface area (Å²) in [5, 5.41) is 3.61. The predicted molar refractivity (Wildman–Crippen MR) is 83.4 cm³/mol. The first-order valence-corrected chi connectivity index (χ1v) is 7.09. The largest absolute Gasteiger partial charge is 0.343 e. The number of amides is 1. The maximum Gasteiger partial charge on any atom is 0.252 e. The average molecular weight is 326 g/mol. The van der Waals surface area contributed by atoms with Crippen molar-refractivity contribution in [1.82, 2.24) is 5.32 Å². The Balaban J connectivity index is 2.21. The second kappa shape index (κ2) is 6.04. The van der Waals surface area contributed by atoms with Gasteiger partial charge in [-0.1, -0.05) is 35.3 Å². The van der Waals surface area contributed by atoms with E-state index in [1.807, 2.05) is 13.8 Å². The lowest BCUT2D eigenvalue weighted by Gasteiger charge is -2.27. The highest BCUT2D eigenvalue weighted by Crippen LogP contribution is 2.24. The Hall–Kier alpha value is -1.58. The summed E-state index contributed by atoms with van der Waals surface area (Å²) >= 11 is 11.7. The Morgan fingerprint density at radius 2 is 1.67 bits per heavy atom. The Bertz CT molecular complexity index is 668. The van der Waals surface area contributed by atoms with Gasteiger partial charge in [-0.3, -0.25) is 4.79 Å². The van der Waals surface area contributed by atoms with Crippen molar-refractivity contribution >= 4 is 29.1 Å². The van der Waals surface area contributed by atoms with Crippen molar-refractivity contribution < 1.29 is 9.18 Å². The van der Waals surface area contributed by atoms with E-state index in [2.05, 4.69) is 5.32 Å². The average Bonchev–Trinajstić information content (AvgIpc) is 2.41. The van der Waals surface area contributed by atoms with Crippen LogP contribution < -0.4 is 5.32 Å². The van der Waals surface area contributed by atoms with Crippen LogP contribution in [-0.2, 0) is 5.54 Å². The molecule has 2 nitrogen and oxygen atoms in total. The minimum absolute atomic E-state index is 0.275. The molecule has 0 aliphatic carbocycles. The van der Waals surface area contributed by atoms with Gasteiger partial charge in [0.1, 0.15) is 5.82 Å². The summed E-state index contributed by atoms with van der Waals surface area (Å²) in [6.45, 7) is 3.69. The zero-order valence-electron chi connectivity index (χ0n) is 11.6. The number of carbonyl (C=O) groups excluding carboxylic acids is 1. The van der Waals surface area contributed by atoms with Crippen molar-refractivity contribution in [2.45, 2.75) is 19.4 Å². The van der Waals surface area contributed by atoms with Crippen molar-refractivity contribution in [2.75, 3.05) is 0 Å². The molecule has 0 aliphatic rings. The smallest absolute Gasteiger partial charge is 0.252 e. The third-order valence-corrected chi connectivity index (χ3v) is 3.91. The van der Waals surface area contributed by atoms with E-state index in [9.17, 15) is 9.18 Å². The van der Waals surface area contributed by atoms with Gasteiger partial charge in [0.15, 0.2) is 0 Å². The van der Waals surface area contributed by atoms with Crippen LogP contribution in [0, 0.1) is 5.82 Å². The van der Waals surface area contributed by atoms with E-state index in [4.69, 9.17) is 23.2 Å². The Morgan fingerprint density at radius 1 is 1.05 bits per heavy atom. The standard InChI is InChI=1S/C16H14Cl2FNO/c1-16(2,11-4-6-12(19)7-5-11)20-15(21)10-3-8-13(17)14(18)9-10/h3-9H,1-2H3,(H,20,21). The van der Waals surface area contributed by atoms with Gasteiger partial charge < -0.3 is 5.32 Å². The molecule has 21 heavy (non-hydrogen) atoms. The number of hydrogen-bond acceptors (Lipinski definition) is 1.